The Kier molecular flexibility index (Phi) is 7.04. The average molecular weight is 497 g/mol. The van der Waals surface area contributed by atoms with Crippen LogP contribution in [0.2, 0.25) is 0 Å². The van der Waals surface area contributed by atoms with E-state index < -0.39 is 0 Å². The molecule has 1 aromatic carbocycles. The minimum absolute atomic E-state index is 0.0504. The molecule has 1 aliphatic rings. The van der Waals surface area contributed by atoms with Crippen molar-refractivity contribution in [1.82, 2.24) is 24.8 Å². The Hall–Kier alpha value is -4.04. The highest BCUT2D eigenvalue weighted by molar-refractivity contribution is 7.80. The summed E-state index contributed by atoms with van der Waals surface area (Å²) >= 11 is 5.77. The van der Waals surface area contributed by atoms with Crippen LogP contribution in [-0.2, 0) is 11.3 Å². The zero-order valence-electron chi connectivity index (χ0n) is 20.0. The molecule has 4 heterocycles. The topological polar surface area (TPSA) is 75.1 Å². The number of amides is 1. The number of anilines is 1. The number of rotatable bonds is 8. The molecule has 0 spiro atoms. The van der Waals surface area contributed by atoms with E-state index in [1.54, 1.807) is 12.4 Å². The molecule has 8 heteroatoms. The Morgan fingerprint density at radius 3 is 2.50 bits per heavy atom. The van der Waals surface area contributed by atoms with Crippen molar-refractivity contribution in [2.75, 3.05) is 11.9 Å². The fourth-order valence-corrected chi connectivity index (χ4v) is 4.89. The first-order valence-electron chi connectivity index (χ1n) is 12.0. The second kappa shape index (κ2) is 10.7. The van der Waals surface area contributed by atoms with Crippen LogP contribution in [0.1, 0.15) is 41.1 Å². The van der Waals surface area contributed by atoms with Crippen LogP contribution in [0, 0.1) is 6.92 Å². The fourth-order valence-electron chi connectivity index (χ4n) is 4.56. The van der Waals surface area contributed by atoms with Crippen LogP contribution in [0.4, 0.5) is 5.69 Å². The highest BCUT2D eigenvalue weighted by Gasteiger charge is 2.41. The van der Waals surface area contributed by atoms with E-state index in [1.165, 1.54) is 0 Å². The van der Waals surface area contributed by atoms with Gasteiger partial charge in [-0.3, -0.25) is 14.8 Å². The highest BCUT2D eigenvalue weighted by atomic mass is 32.1. The van der Waals surface area contributed by atoms with E-state index in [-0.39, 0.29) is 18.0 Å². The number of carbonyl (C=O) groups is 1. The molecule has 0 unspecified atom stereocenters. The SMILES string of the molecule is Cc1ccc(NC(=O)CCN2C(=S)N[C@H](c3ccccn3)[C@H]2c2cccn2Cc2ccccn2)cc1. The Bertz CT molecular complexity index is 1320. The third-order valence-corrected chi connectivity index (χ3v) is 6.69. The minimum Gasteiger partial charge on any atom is -0.352 e. The molecule has 0 bridgehead atoms. The van der Waals surface area contributed by atoms with Gasteiger partial charge in [-0.05, 0) is 67.7 Å². The number of hydrogen-bond donors (Lipinski definition) is 2. The van der Waals surface area contributed by atoms with Gasteiger partial charge in [-0.1, -0.05) is 29.8 Å². The van der Waals surface area contributed by atoms with Gasteiger partial charge >= 0.3 is 0 Å². The molecule has 36 heavy (non-hydrogen) atoms. The first kappa shape index (κ1) is 23.7. The van der Waals surface area contributed by atoms with Crippen molar-refractivity contribution >= 4 is 28.9 Å². The predicted molar refractivity (Wildman–Crippen MR) is 144 cm³/mol. The lowest BCUT2D eigenvalue weighted by atomic mass is 10.0. The third-order valence-electron chi connectivity index (χ3n) is 6.34. The summed E-state index contributed by atoms with van der Waals surface area (Å²) < 4.78 is 2.19. The van der Waals surface area contributed by atoms with Crippen molar-refractivity contribution in [1.29, 1.82) is 0 Å². The number of carbonyl (C=O) groups excluding carboxylic acids is 1. The van der Waals surface area contributed by atoms with E-state index in [2.05, 4.69) is 42.3 Å². The molecule has 0 saturated carbocycles. The van der Waals surface area contributed by atoms with Gasteiger partial charge in [0.05, 0.1) is 30.0 Å². The molecular weight excluding hydrogens is 468 g/mol. The molecule has 2 atom stereocenters. The second-order valence-corrected chi connectivity index (χ2v) is 9.25. The molecule has 182 valence electrons. The third kappa shape index (κ3) is 5.28. The van der Waals surface area contributed by atoms with Crippen LogP contribution in [-0.4, -0.2) is 37.0 Å². The number of pyridine rings is 2. The monoisotopic (exact) mass is 496 g/mol. The van der Waals surface area contributed by atoms with Gasteiger partial charge in [-0.25, -0.2) is 0 Å². The van der Waals surface area contributed by atoms with Gasteiger partial charge in [0.1, 0.15) is 0 Å². The molecule has 1 fully saturated rings. The van der Waals surface area contributed by atoms with Gasteiger partial charge in [0.2, 0.25) is 5.91 Å². The Balaban J connectivity index is 1.39. The lowest BCUT2D eigenvalue weighted by Gasteiger charge is -2.28. The molecule has 7 nitrogen and oxygen atoms in total. The summed E-state index contributed by atoms with van der Waals surface area (Å²) in [5, 5.41) is 7.07. The highest BCUT2D eigenvalue weighted by Crippen LogP contribution is 2.39. The number of thiocarbonyl (C=S) groups is 1. The van der Waals surface area contributed by atoms with Crippen molar-refractivity contribution in [3.8, 4) is 0 Å². The Morgan fingerprint density at radius 2 is 1.78 bits per heavy atom. The van der Waals surface area contributed by atoms with Gasteiger partial charge in [-0.15, -0.1) is 0 Å². The molecule has 0 radical (unpaired) electrons. The van der Waals surface area contributed by atoms with Gasteiger partial charge in [0.25, 0.3) is 0 Å². The van der Waals surface area contributed by atoms with E-state index >= 15 is 0 Å². The largest absolute Gasteiger partial charge is 0.352 e. The van der Waals surface area contributed by atoms with Crippen molar-refractivity contribution in [3.63, 3.8) is 0 Å². The van der Waals surface area contributed by atoms with E-state index in [9.17, 15) is 4.79 Å². The molecule has 1 amide bonds. The van der Waals surface area contributed by atoms with Crippen molar-refractivity contribution in [2.45, 2.75) is 32.0 Å². The first-order chi connectivity index (χ1) is 17.6. The molecule has 3 aromatic heterocycles. The average Bonchev–Trinajstić information content (AvgIpc) is 3.48. The number of nitrogens with one attached hydrogen (secondary N) is 2. The quantitative estimate of drug-likeness (QED) is 0.346. The predicted octanol–water partition coefficient (Wildman–Crippen LogP) is 4.64. The summed E-state index contributed by atoms with van der Waals surface area (Å²) in [5.41, 5.74) is 4.91. The molecular formula is C28H28N6OS. The van der Waals surface area contributed by atoms with E-state index in [4.69, 9.17) is 12.2 Å². The van der Waals surface area contributed by atoms with Crippen molar-refractivity contribution in [2.24, 2.45) is 0 Å². The summed E-state index contributed by atoms with van der Waals surface area (Å²) in [6, 6.07) is 23.5. The summed E-state index contributed by atoms with van der Waals surface area (Å²) in [7, 11) is 0. The van der Waals surface area contributed by atoms with Crippen LogP contribution in [0.3, 0.4) is 0 Å². The van der Waals surface area contributed by atoms with E-state index in [0.717, 1.165) is 28.3 Å². The summed E-state index contributed by atoms with van der Waals surface area (Å²) in [6.07, 6.45) is 5.97. The molecule has 4 aromatic rings. The zero-order valence-corrected chi connectivity index (χ0v) is 20.9. The summed E-state index contributed by atoms with van der Waals surface area (Å²) in [6.45, 7) is 3.14. The molecule has 0 aliphatic carbocycles. The molecule has 5 rings (SSSR count). The van der Waals surface area contributed by atoms with E-state index in [0.29, 0.717) is 24.6 Å². The summed E-state index contributed by atoms with van der Waals surface area (Å²) in [4.78, 5) is 24.0. The van der Waals surface area contributed by atoms with Gasteiger partial charge < -0.3 is 20.1 Å². The number of aryl methyl sites for hydroxylation is 1. The second-order valence-electron chi connectivity index (χ2n) is 8.87. The normalized spacial score (nSPS) is 17.1. The number of benzene rings is 1. The standard InChI is InChI=1S/C28H28N6OS/c1-20-10-12-21(13-11-20)31-25(35)14-18-34-27(26(32-28(34)36)23-8-3-5-16-30-23)24-9-6-17-33(24)19-22-7-2-4-15-29-22/h2-13,15-17,26-27H,14,18-19H2,1H3,(H,31,35)(H,32,36)/t26-,27-/m1/s1. The lowest BCUT2D eigenvalue weighted by Crippen LogP contribution is -2.33. The van der Waals surface area contributed by atoms with Crippen molar-refractivity contribution < 1.29 is 4.79 Å². The maximum atomic E-state index is 12.8. The summed E-state index contributed by atoms with van der Waals surface area (Å²) in [5.74, 6) is -0.0504. The van der Waals surface area contributed by atoms with Crippen LogP contribution in [0.5, 0.6) is 0 Å². The smallest absolute Gasteiger partial charge is 0.226 e. The Labute approximate surface area is 216 Å². The van der Waals surface area contributed by atoms with Crippen LogP contribution >= 0.6 is 12.2 Å². The van der Waals surface area contributed by atoms with Crippen molar-refractivity contribution in [3.05, 3.63) is 114 Å². The maximum Gasteiger partial charge on any atom is 0.226 e. The fraction of sp³-hybridized carbons (Fsp3) is 0.214. The number of hydrogen-bond acceptors (Lipinski definition) is 4. The molecule has 1 aliphatic heterocycles. The Morgan fingerprint density at radius 1 is 1.00 bits per heavy atom. The van der Waals surface area contributed by atoms with Gasteiger partial charge in [-0.2, -0.15) is 0 Å². The van der Waals surface area contributed by atoms with Crippen LogP contribution < -0.4 is 10.6 Å². The van der Waals surface area contributed by atoms with Crippen LogP contribution in [0.15, 0.2) is 91.4 Å². The van der Waals surface area contributed by atoms with Gasteiger partial charge in [0, 0.05) is 42.9 Å². The molecule has 2 N–H and O–H groups in total. The van der Waals surface area contributed by atoms with Crippen LogP contribution in [0.25, 0.3) is 0 Å². The first-order valence-corrected chi connectivity index (χ1v) is 12.4. The minimum atomic E-state index is -0.142. The zero-order chi connectivity index (χ0) is 24.9. The molecule has 1 saturated heterocycles. The number of nitrogens with zero attached hydrogens (tertiary/aromatic N) is 4. The maximum absolute atomic E-state index is 12.8. The van der Waals surface area contributed by atoms with Gasteiger partial charge in [0.15, 0.2) is 5.11 Å². The number of aromatic nitrogens is 3. The lowest BCUT2D eigenvalue weighted by molar-refractivity contribution is -0.116. The van der Waals surface area contributed by atoms with E-state index in [1.807, 2.05) is 73.7 Å².